The molecule has 0 saturated carbocycles. The zero-order chi connectivity index (χ0) is 16.5. The molecule has 2 aromatic rings. The molecule has 0 radical (unpaired) electrons. The highest BCUT2D eigenvalue weighted by Crippen LogP contribution is 2.34. The molecule has 1 fully saturated rings. The Kier molecular flexibility index (Phi) is 3.98. The number of rotatable bonds is 3. The van der Waals surface area contributed by atoms with Gasteiger partial charge in [0, 0.05) is 18.8 Å². The van der Waals surface area contributed by atoms with Gasteiger partial charge in [0.05, 0.1) is 11.7 Å². The predicted molar refractivity (Wildman–Crippen MR) is 94.0 cm³/mol. The Bertz CT molecular complexity index is 736. The van der Waals surface area contributed by atoms with Crippen LogP contribution in [0.3, 0.4) is 0 Å². The van der Waals surface area contributed by atoms with Gasteiger partial charge in [0.25, 0.3) is 5.91 Å². The average Bonchev–Trinajstić information content (AvgIpc) is 3.11. The van der Waals surface area contributed by atoms with Crippen molar-refractivity contribution in [2.45, 2.75) is 32.0 Å². The minimum atomic E-state index is -0.155. The lowest BCUT2D eigenvalue weighted by molar-refractivity contribution is 0.0427. The van der Waals surface area contributed by atoms with Crippen LogP contribution in [-0.4, -0.2) is 30.1 Å². The van der Waals surface area contributed by atoms with Crippen molar-refractivity contribution in [3.63, 3.8) is 0 Å². The summed E-state index contributed by atoms with van der Waals surface area (Å²) in [5.74, 6) is 0.0745. The molecule has 2 aliphatic heterocycles. The molecular formula is C20H22N2O2. The maximum Gasteiger partial charge on any atom is 0.257 e. The lowest BCUT2D eigenvalue weighted by Crippen LogP contribution is -2.46. The van der Waals surface area contributed by atoms with Crippen LogP contribution in [0.4, 0.5) is 5.69 Å². The zero-order valence-corrected chi connectivity index (χ0v) is 13.9. The summed E-state index contributed by atoms with van der Waals surface area (Å²) in [6.45, 7) is 3.49. The number of hydrogen-bond acceptors (Lipinski definition) is 3. The van der Waals surface area contributed by atoms with Crippen molar-refractivity contribution in [1.29, 1.82) is 0 Å². The van der Waals surface area contributed by atoms with Gasteiger partial charge in [-0.1, -0.05) is 42.0 Å². The number of para-hydroxylation sites is 1. The SMILES string of the molecule is Cc1ccc([C@H]2Nc3ccccc3C(=O)N2C[C@H]2CCCO2)cc1. The molecule has 1 amide bonds. The first-order chi connectivity index (χ1) is 11.7. The van der Waals surface area contributed by atoms with Crippen molar-refractivity contribution in [3.05, 3.63) is 65.2 Å². The van der Waals surface area contributed by atoms with Gasteiger partial charge in [-0.15, -0.1) is 0 Å². The van der Waals surface area contributed by atoms with Gasteiger partial charge in [-0.3, -0.25) is 4.79 Å². The van der Waals surface area contributed by atoms with E-state index in [4.69, 9.17) is 4.74 Å². The summed E-state index contributed by atoms with van der Waals surface area (Å²) in [6.07, 6.45) is 2.07. The summed E-state index contributed by atoms with van der Waals surface area (Å²) in [5, 5.41) is 3.54. The molecule has 4 nitrogen and oxygen atoms in total. The first-order valence-corrected chi connectivity index (χ1v) is 8.57. The molecule has 2 aliphatic rings. The Labute approximate surface area is 142 Å². The molecule has 0 spiro atoms. The number of nitrogens with zero attached hydrogens (tertiary/aromatic N) is 1. The Morgan fingerprint density at radius 3 is 2.71 bits per heavy atom. The third kappa shape index (κ3) is 2.78. The van der Waals surface area contributed by atoms with E-state index in [1.165, 1.54) is 5.56 Å². The second kappa shape index (κ2) is 6.29. The molecular weight excluding hydrogens is 300 g/mol. The van der Waals surface area contributed by atoms with Crippen molar-refractivity contribution in [3.8, 4) is 0 Å². The van der Waals surface area contributed by atoms with Crippen molar-refractivity contribution >= 4 is 11.6 Å². The molecule has 2 heterocycles. The molecule has 1 saturated heterocycles. The maximum atomic E-state index is 13.1. The number of carbonyl (C=O) groups is 1. The summed E-state index contributed by atoms with van der Waals surface area (Å²) in [4.78, 5) is 15.0. The quantitative estimate of drug-likeness (QED) is 0.936. The van der Waals surface area contributed by atoms with Crippen LogP contribution in [0.5, 0.6) is 0 Å². The number of amides is 1. The number of ether oxygens (including phenoxy) is 1. The van der Waals surface area contributed by atoms with E-state index < -0.39 is 0 Å². The molecule has 4 rings (SSSR count). The highest BCUT2D eigenvalue weighted by molar-refractivity contribution is 6.01. The first kappa shape index (κ1) is 15.2. The van der Waals surface area contributed by atoms with Gasteiger partial charge >= 0.3 is 0 Å². The third-order valence-corrected chi connectivity index (χ3v) is 4.84. The lowest BCUT2D eigenvalue weighted by atomic mass is 10.0. The highest BCUT2D eigenvalue weighted by atomic mass is 16.5. The Hall–Kier alpha value is -2.33. The summed E-state index contributed by atoms with van der Waals surface area (Å²) in [6, 6.07) is 16.1. The van der Waals surface area contributed by atoms with Gasteiger partial charge in [0.1, 0.15) is 6.17 Å². The maximum absolute atomic E-state index is 13.1. The summed E-state index contributed by atoms with van der Waals surface area (Å²) in [5.41, 5.74) is 3.95. The normalized spacial score (nSPS) is 23.0. The van der Waals surface area contributed by atoms with E-state index in [-0.39, 0.29) is 18.2 Å². The topological polar surface area (TPSA) is 41.6 Å². The van der Waals surface area contributed by atoms with Crippen LogP contribution in [0.1, 0.15) is 40.5 Å². The second-order valence-electron chi connectivity index (χ2n) is 6.60. The van der Waals surface area contributed by atoms with E-state index in [1.807, 2.05) is 29.2 Å². The van der Waals surface area contributed by atoms with E-state index in [0.717, 1.165) is 36.3 Å². The molecule has 0 aliphatic carbocycles. The zero-order valence-electron chi connectivity index (χ0n) is 13.9. The van der Waals surface area contributed by atoms with Crippen molar-refractivity contribution in [2.24, 2.45) is 0 Å². The minimum Gasteiger partial charge on any atom is -0.376 e. The van der Waals surface area contributed by atoms with Crippen LogP contribution in [0.15, 0.2) is 48.5 Å². The second-order valence-corrected chi connectivity index (χ2v) is 6.60. The molecule has 4 heteroatoms. The number of carbonyl (C=O) groups excluding carboxylic acids is 1. The summed E-state index contributed by atoms with van der Waals surface area (Å²) in [7, 11) is 0. The van der Waals surface area contributed by atoms with Gasteiger partial charge in [-0.25, -0.2) is 0 Å². The van der Waals surface area contributed by atoms with E-state index in [9.17, 15) is 4.79 Å². The van der Waals surface area contributed by atoms with Gasteiger partial charge in [-0.2, -0.15) is 0 Å². The number of benzene rings is 2. The molecule has 1 N–H and O–H groups in total. The molecule has 0 aromatic heterocycles. The summed E-state index contributed by atoms with van der Waals surface area (Å²) >= 11 is 0. The summed E-state index contributed by atoms with van der Waals surface area (Å²) < 4.78 is 5.77. The van der Waals surface area contributed by atoms with E-state index in [1.54, 1.807) is 0 Å². The van der Waals surface area contributed by atoms with Crippen molar-refractivity contribution in [1.82, 2.24) is 4.90 Å². The van der Waals surface area contributed by atoms with E-state index in [0.29, 0.717) is 6.54 Å². The predicted octanol–water partition coefficient (Wildman–Crippen LogP) is 3.74. The molecule has 2 atom stereocenters. The molecule has 24 heavy (non-hydrogen) atoms. The first-order valence-electron chi connectivity index (χ1n) is 8.57. The fourth-order valence-electron chi connectivity index (χ4n) is 3.50. The Morgan fingerprint density at radius 1 is 1.17 bits per heavy atom. The molecule has 124 valence electrons. The standard InChI is InChI=1S/C20H22N2O2/c1-14-8-10-15(11-9-14)19-21-18-7-3-2-6-17(18)20(23)22(19)13-16-5-4-12-24-16/h2-3,6-11,16,19,21H,4-5,12-13H2,1H3/t16-,19+/m1/s1. The van der Waals surface area contributed by atoms with Gasteiger partial charge in [0.15, 0.2) is 0 Å². The number of hydrogen-bond donors (Lipinski definition) is 1. The fraction of sp³-hybridized carbons (Fsp3) is 0.350. The van der Waals surface area contributed by atoms with Crippen LogP contribution < -0.4 is 5.32 Å². The third-order valence-electron chi connectivity index (χ3n) is 4.84. The fourth-order valence-corrected chi connectivity index (χ4v) is 3.50. The monoisotopic (exact) mass is 322 g/mol. The van der Waals surface area contributed by atoms with E-state index in [2.05, 4.69) is 36.5 Å². The van der Waals surface area contributed by atoms with Crippen molar-refractivity contribution in [2.75, 3.05) is 18.5 Å². The largest absolute Gasteiger partial charge is 0.376 e. The van der Waals surface area contributed by atoms with Gasteiger partial charge in [-0.05, 0) is 37.5 Å². The van der Waals surface area contributed by atoms with Crippen LogP contribution in [0.25, 0.3) is 0 Å². The smallest absolute Gasteiger partial charge is 0.257 e. The molecule has 0 unspecified atom stereocenters. The van der Waals surface area contributed by atoms with Gasteiger partial charge in [0.2, 0.25) is 0 Å². The van der Waals surface area contributed by atoms with E-state index >= 15 is 0 Å². The van der Waals surface area contributed by atoms with Crippen LogP contribution in [0, 0.1) is 6.92 Å². The molecule has 2 aromatic carbocycles. The number of anilines is 1. The average molecular weight is 322 g/mol. The Balaban J connectivity index is 1.70. The molecule has 0 bridgehead atoms. The van der Waals surface area contributed by atoms with Crippen LogP contribution in [-0.2, 0) is 4.74 Å². The van der Waals surface area contributed by atoms with Gasteiger partial charge < -0.3 is 15.0 Å². The number of aryl methyl sites for hydroxylation is 1. The number of nitrogens with one attached hydrogen (secondary N) is 1. The van der Waals surface area contributed by atoms with Crippen molar-refractivity contribution < 1.29 is 9.53 Å². The number of fused-ring (bicyclic) bond motifs is 1. The van der Waals surface area contributed by atoms with Crippen LogP contribution in [0.2, 0.25) is 0 Å². The lowest BCUT2D eigenvalue weighted by Gasteiger charge is -2.39. The minimum absolute atomic E-state index is 0.0745. The Morgan fingerprint density at radius 2 is 1.96 bits per heavy atom. The highest BCUT2D eigenvalue weighted by Gasteiger charge is 2.35. The van der Waals surface area contributed by atoms with Crippen LogP contribution >= 0.6 is 0 Å².